The van der Waals surface area contributed by atoms with Gasteiger partial charge in [-0.2, -0.15) is 0 Å². The van der Waals surface area contributed by atoms with E-state index in [1.165, 1.54) is 18.4 Å². The van der Waals surface area contributed by atoms with Crippen LogP contribution in [0.1, 0.15) is 42.6 Å². The maximum atomic E-state index is 6.01. The lowest BCUT2D eigenvalue weighted by Gasteiger charge is -2.28. The Kier molecular flexibility index (Phi) is 3.40. The van der Waals surface area contributed by atoms with E-state index >= 15 is 0 Å². The van der Waals surface area contributed by atoms with Crippen molar-refractivity contribution in [1.29, 1.82) is 0 Å². The lowest BCUT2D eigenvalue weighted by Crippen LogP contribution is -2.27. The number of rotatable bonds is 3. The molecule has 4 heteroatoms. The van der Waals surface area contributed by atoms with Gasteiger partial charge in [0, 0.05) is 18.3 Å². The van der Waals surface area contributed by atoms with Crippen molar-refractivity contribution in [2.45, 2.75) is 37.6 Å². The van der Waals surface area contributed by atoms with Crippen LogP contribution >= 0.6 is 0 Å². The van der Waals surface area contributed by atoms with Crippen LogP contribution in [0.2, 0.25) is 0 Å². The summed E-state index contributed by atoms with van der Waals surface area (Å²) in [5.41, 5.74) is 13.7. The van der Waals surface area contributed by atoms with Crippen LogP contribution in [0.4, 0.5) is 5.82 Å². The van der Waals surface area contributed by atoms with Crippen molar-refractivity contribution in [3.8, 4) is 0 Å². The minimum absolute atomic E-state index is 0.0808. The average molecular weight is 268 g/mol. The van der Waals surface area contributed by atoms with E-state index in [4.69, 9.17) is 11.5 Å². The van der Waals surface area contributed by atoms with E-state index in [1.54, 1.807) is 6.20 Å². The number of anilines is 1. The predicted octanol–water partition coefficient (Wildman–Crippen LogP) is 2.38. The van der Waals surface area contributed by atoms with Crippen LogP contribution in [-0.2, 0) is 12.0 Å². The summed E-state index contributed by atoms with van der Waals surface area (Å²) in [6.45, 7) is 0.379. The standard InChI is InChI=1S/C16H20N4/c17-10-12-11-19-15(20-14(12)18)16(8-4-5-9-16)13-6-2-1-3-7-13/h1-3,6-7,11H,4-5,8-10,17H2,(H2,18,19,20). The van der Waals surface area contributed by atoms with Crippen molar-refractivity contribution in [3.05, 3.63) is 53.5 Å². The molecule has 104 valence electrons. The fourth-order valence-electron chi connectivity index (χ4n) is 3.18. The first-order chi connectivity index (χ1) is 9.76. The Morgan fingerprint density at radius 3 is 2.40 bits per heavy atom. The second-order valence-electron chi connectivity index (χ2n) is 5.46. The number of nitrogens with zero attached hydrogens (tertiary/aromatic N) is 2. The van der Waals surface area contributed by atoms with Gasteiger partial charge in [0.2, 0.25) is 0 Å². The fourth-order valence-corrected chi connectivity index (χ4v) is 3.18. The van der Waals surface area contributed by atoms with Gasteiger partial charge in [0.25, 0.3) is 0 Å². The molecule has 0 saturated heterocycles. The summed E-state index contributed by atoms with van der Waals surface area (Å²) < 4.78 is 0. The summed E-state index contributed by atoms with van der Waals surface area (Å²) in [5, 5.41) is 0. The summed E-state index contributed by atoms with van der Waals surface area (Å²) in [4.78, 5) is 9.13. The molecule has 4 nitrogen and oxygen atoms in total. The molecular formula is C16H20N4. The zero-order valence-corrected chi connectivity index (χ0v) is 11.5. The molecule has 1 heterocycles. The molecule has 1 aromatic carbocycles. The van der Waals surface area contributed by atoms with Gasteiger partial charge in [-0.05, 0) is 18.4 Å². The molecule has 0 radical (unpaired) electrons. The smallest absolute Gasteiger partial charge is 0.141 e. The van der Waals surface area contributed by atoms with Gasteiger partial charge in [0.05, 0.1) is 5.41 Å². The van der Waals surface area contributed by atoms with Crippen molar-refractivity contribution in [3.63, 3.8) is 0 Å². The zero-order chi connectivity index (χ0) is 14.0. The quantitative estimate of drug-likeness (QED) is 0.896. The monoisotopic (exact) mass is 268 g/mol. The van der Waals surface area contributed by atoms with E-state index in [2.05, 4.69) is 34.2 Å². The number of benzene rings is 1. The van der Waals surface area contributed by atoms with Crippen molar-refractivity contribution in [2.24, 2.45) is 5.73 Å². The molecule has 1 aliphatic carbocycles. The third kappa shape index (κ3) is 2.06. The van der Waals surface area contributed by atoms with Crippen molar-refractivity contribution >= 4 is 5.82 Å². The van der Waals surface area contributed by atoms with Crippen LogP contribution in [0.25, 0.3) is 0 Å². The minimum Gasteiger partial charge on any atom is -0.383 e. The van der Waals surface area contributed by atoms with Crippen LogP contribution in [0.15, 0.2) is 36.5 Å². The molecule has 0 amide bonds. The zero-order valence-electron chi connectivity index (χ0n) is 11.5. The fraction of sp³-hybridized carbons (Fsp3) is 0.375. The molecule has 20 heavy (non-hydrogen) atoms. The van der Waals surface area contributed by atoms with E-state index in [1.807, 2.05) is 6.07 Å². The Bertz CT molecular complexity index is 589. The van der Waals surface area contributed by atoms with Crippen molar-refractivity contribution in [1.82, 2.24) is 9.97 Å². The topological polar surface area (TPSA) is 77.8 Å². The number of nitrogen functional groups attached to an aromatic ring is 1. The largest absolute Gasteiger partial charge is 0.383 e. The van der Waals surface area contributed by atoms with E-state index in [0.29, 0.717) is 12.4 Å². The van der Waals surface area contributed by atoms with E-state index < -0.39 is 0 Å². The molecular weight excluding hydrogens is 248 g/mol. The predicted molar refractivity (Wildman–Crippen MR) is 80.0 cm³/mol. The number of nitrogens with two attached hydrogens (primary N) is 2. The Morgan fingerprint density at radius 2 is 1.80 bits per heavy atom. The van der Waals surface area contributed by atoms with Gasteiger partial charge < -0.3 is 11.5 Å². The first kappa shape index (κ1) is 13.1. The van der Waals surface area contributed by atoms with E-state index in [9.17, 15) is 0 Å². The van der Waals surface area contributed by atoms with Crippen LogP contribution in [0, 0.1) is 0 Å². The van der Waals surface area contributed by atoms with Gasteiger partial charge in [0.1, 0.15) is 11.6 Å². The SMILES string of the molecule is NCc1cnc(C2(c3ccccc3)CCCC2)nc1N. The van der Waals surface area contributed by atoms with Gasteiger partial charge in [-0.25, -0.2) is 9.97 Å². The first-order valence-corrected chi connectivity index (χ1v) is 7.14. The van der Waals surface area contributed by atoms with Crippen LogP contribution < -0.4 is 11.5 Å². The second-order valence-corrected chi connectivity index (χ2v) is 5.46. The van der Waals surface area contributed by atoms with Gasteiger partial charge in [0.15, 0.2) is 0 Å². The highest BCUT2D eigenvalue weighted by molar-refractivity contribution is 5.41. The molecule has 1 aromatic heterocycles. The van der Waals surface area contributed by atoms with E-state index in [0.717, 1.165) is 24.2 Å². The second kappa shape index (κ2) is 5.21. The number of hydrogen-bond donors (Lipinski definition) is 2. The lowest BCUT2D eigenvalue weighted by atomic mass is 9.78. The Balaban J connectivity index is 2.10. The third-order valence-corrected chi connectivity index (χ3v) is 4.33. The third-order valence-electron chi connectivity index (χ3n) is 4.33. The van der Waals surface area contributed by atoms with Crippen LogP contribution in [0.3, 0.4) is 0 Å². The molecule has 3 rings (SSSR count). The molecule has 2 aromatic rings. The van der Waals surface area contributed by atoms with Gasteiger partial charge in [-0.1, -0.05) is 43.2 Å². The number of aromatic nitrogens is 2. The van der Waals surface area contributed by atoms with Gasteiger partial charge >= 0.3 is 0 Å². The highest BCUT2D eigenvalue weighted by Crippen LogP contribution is 2.45. The number of hydrogen-bond acceptors (Lipinski definition) is 4. The van der Waals surface area contributed by atoms with Crippen molar-refractivity contribution < 1.29 is 0 Å². The summed E-state index contributed by atoms with van der Waals surface area (Å²) in [5.74, 6) is 1.36. The highest BCUT2D eigenvalue weighted by atomic mass is 15.0. The molecule has 1 fully saturated rings. The Hall–Kier alpha value is -1.94. The van der Waals surface area contributed by atoms with Gasteiger partial charge in [-0.15, -0.1) is 0 Å². The Morgan fingerprint density at radius 1 is 1.10 bits per heavy atom. The molecule has 0 atom stereocenters. The van der Waals surface area contributed by atoms with Crippen molar-refractivity contribution in [2.75, 3.05) is 5.73 Å². The molecule has 0 bridgehead atoms. The normalized spacial score (nSPS) is 17.2. The first-order valence-electron chi connectivity index (χ1n) is 7.14. The lowest BCUT2D eigenvalue weighted by molar-refractivity contribution is 0.499. The Labute approximate surface area is 119 Å². The minimum atomic E-state index is -0.0808. The highest BCUT2D eigenvalue weighted by Gasteiger charge is 2.40. The van der Waals surface area contributed by atoms with Crippen LogP contribution in [-0.4, -0.2) is 9.97 Å². The molecule has 0 spiro atoms. The molecule has 0 aliphatic heterocycles. The maximum Gasteiger partial charge on any atom is 0.141 e. The summed E-state index contributed by atoms with van der Waals surface area (Å²) in [6.07, 6.45) is 6.35. The maximum absolute atomic E-state index is 6.01. The summed E-state index contributed by atoms with van der Waals surface area (Å²) in [6, 6.07) is 10.5. The molecule has 1 aliphatic rings. The molecule has 1 saturated carbocycles. The molecule has 0 unspecified atom stereocenters. The van der Waals surface area contributed by atoms with E-state index in [-0.39, 0.29) is 5.41 Å². The average Bonchev–Trinajstić information content (AvgIpc) is 2.99. The summed E-state index contributed by atoms with van der Waals surface area (Å²) >= 11 is 0. The van der Waals surface area contributed by atoms with Crippen LogP contribution in [0.5, 0.6) is 0 Å². The summed E-state index contributed by atoms with van der Waals surface area (Å²) in [7, 11) is 0. The molecule has 4 N–H and O–H groups in total. The van der Waals surface area contributed by atoms with Gasteiger partial charge in [-0.3, -0.25) is 0 Å².